The Morgan fingerprint density at radius 1 is 1.81 bits per heavy atom. The van der Waals surface area contributed by atoms with Gasteiger partial charge in [0.1, 0.15) is 24.2 Å². The molecule has 88 valence electrons. The van der Waals surface area contributed by atoms with Gasteiger partial charge in [-0.25, -0.2) is 9.37 Å². The molecule has 2 rings (SSSR count). The van der Waals surface area contributed by atoms with Gasteiger partial charge in [-0.3, -0.25) is 0 Å². The average molecular weight is 231 g/mol. The molecular formula is C8H10FN3O4. The molecular weight excluding hydrogens is 221 g/mol. The van der Waals surface area contributed by atoms with E-state index in [4.69, 9.17) is 9.84 Å². The van der Waals surface area contributed by atoms with E-state index in [0.717, 1.165) is 0 Å². The number of imidazole rings is 1. The molecule has 8 heteroatoms. The fourth-order valence-electron chi connectivity index (χ4n) is 1.67. The quantitative estimate of drug-likeness (QED) is 0.581. The first kappa shape index (κ1) is 11.0. The first-order valence-corrected chi connectivity index (χ1v) is 4.71. The fraction of sp³-hybridized carbons (Fsp3) is 0.625. The molecule has 1 aliphatic heterocycles. The maximum absolute atomic E-state index is 13.5. The van der Waals surface area contributed by atoms with E-state index in [1.165, 1.54) is 6.20 Å². The van der Waals surface area contributed by atoms with Gasteiger partial charge in [0.15, 0.2) is 0 Å². The van der Waals surface area contributed by atoms with Crippen LogP contribution in [0, 0.1) is 10.1 Å². The van der Waals surface area contributed by atoms with Crippen molar-refractivity contribution in [3.8, 4) is 0 Å². The van der Waals surface area contributed by atoms with Gasteiger partial charge in [-0.05, 0) is 4.92 Å². The number of rotatable bonds is 3. The van der Waals surface area contributed by atoms with Crippen LogP contribution in [0.15, 0.2) is 6.20 Å². The van der Waals surface area contributed by atoms with Gasteiger partial charge in [-0.15, -0.1) is 0 Å². The Bertz CT molecular complexity index is 396. The Morgan fingerprint density at radius 2 is 2.56 bits per heavy atom. The minimum Gasteiger partial charge on any atom is -0.394 e. The predicted octanol–water partition coefficient (Wildman–Crippen LogP) is 0.478. The number of hydrogen-bond acceptors (Lipinski definition) is 5. The second kappa shape index (κ2) is 4.14. The summed E-state index contributed by atoms with van der Waals surface area (Å²) >= 11 is 0. The fourth-order valence-corrected chi connectivity index (χ4v) is 1.67. The third kappa shape index (κ3) is 1.89. The van der Waals surface area contributed by atoms with Crippen LogP contribution in [0.25, 0.3) is 0 Å². The van der Waals surface area contributed by atoms with Crippen molar-refractivity contribution in [3.05, 3.63) is 22.0 Å². The molecule has 2 N–H and O–H groups in total. The number of H-pyrrole nitrogens is 1. The van der Waals surface area contributed by atoms with Gasteiger partial charge in [-0.1, -0.05) is 4.98 Å². The molecule has 0 aromatic carbocycles. The van der Waals surface area contributed by atoms with Gasteiger partial charge in [0.25, 0.3) is 0 Å². The Hall–Kier alpha value is -1.54. The molecule has 0 aliphatic carbocycles. The molecule has 7 nitrogen and oxygen atoms in total. The lowest BCUT2D eigenvalue weighted by atomic mass is 10.1. The number of ether oxygens (including phenoxy) is 1. The van der Waals surface area contributed by atoms with Crippen molar-refractivity contribution in [2.24, 2.45) is 0 Å². The van der Waals surface area contributed by atoms with Gasteiger partial charge in [0.05, 0.1) is 12.7 Å². The third-order valence-corrected chi connectivity index (χ3v) is 2.42. The lowest BCUT2D eigenvalue weighted by Gasteiger charge is -2.08. The molecule has 1 aromatic rings. The standard InChI is InChI=1S/C8H10FN3O4/c9-5-1-4(3-13)16-7(5)6-2-10-8(11-6)12(14)15/h2,4-5,7,13H,1,3H2,(H,10,11)/t4-,5+,7+/m0/s1. The normalized spacial score (nSPS) is 29.5. The summed E-state index contributed by atoms with van der Waals surface area (Å²) in [6, 6.07) is 0. The van der Waals surface area contributed by atoms with E-state index in [-0.39, 0.29) is 18.7 Å². The van der Waals surface area contributed by atoms with Crippen LogP contribution in [-0.4, -0.2) is 38.9 Å². The number of aliphatic hydroxyl groups is 1. The van der Waals surface area contributed by atoms with E-state index in [0.29, 0.717) is 0 Å². The monoisotopic (exact) mass is 231 g/mol. The molecule has 1 aliphatic rings. The number of alkyl halides is 1. The number of aromatic amines is 1. The summed E-state index contributed by atoms with van der Waals surface area (Å²) in [5.74, 6) is -0.446. The molecule has 0 bridgehead atoms. The number of nitrogens with one attached hydrogen (secondary N) is 1. The van der Waals surface area contributed by atoms with Crippen molar-refractivity contribution < 1.29 is 19.2 Å². The molecule has 1 saturated heterocycles. The van der Waals surface area contributed by atoms with Crippen molar-refractivity contribution >= 4 is 5.95 Å². The molecule has 0 radical (unpaired) electrons. The van der Waals surface area contributed by atoms with Crippen LogP contribution in [-0.2, 0) is 4.74 Å². The van der Waals surface area contributed by atoms with Crippen LogP contribution in [0.5, 0.6) is 0 Å². The van der Waals surface area contributed by atoms with Gasteiger partial charge in [-0.2, -0.15) is 0 Å². The van der Waals surface area contributed by atoms with Crippen LogP contribution < -0.4 is 0 Å². The summed E-state index contributed by atoms with van der Waals surface area (Å²) in [5.41, 5.74) is 0.218. The highest BCUT2D eigenvalue weighted by Crippen LogP contribution is 2.34. The summed E-state index contributed by atoms with van der Waals surface area (Å²) in [6.07, 6.45) is -1.53. The number of halogens is 1. The third-order valence-electron chi connectivity index (χ3n) is 2.42. The minimum absolute atomic E-state index is 0.0774. The van der Waals surface area contributed by atoms with Gasteiger partial charge >= 0.3 is 5.95 Å². The molecule has 1 fully saturated rings. The van der Waals surface area contributed by atoms with Crippen LogP contribution >= 0.6 is 0 Å². The average Bonchev–Trinajstić information content (AvgIpc) is 2.83. The Kier molecular flexibility index (Phi) is 2.84. The first-order chi connectivity index (χ1) is 7.61. The molecule has 0 amide bonds. The highest BCUT2D eigenvalue weighted by atomic mass is 19.1. The maximum atomic E-state index is 13.5. The summed E-state index contributed by atoms with van der Waals surface area (Å²) < 4.78 is 18.7. The first-order valence-electron chi connectivity index (χ1n) is 4.71. The lowest BCUT2D eigenvalue weighted by molar-refractivity contribution is -0.393. The van der Waals surface area contributed by atoms with Crippen LogP contribution in [0.1, 0.15) is 18.2 Å². The van der Waals surface area contributed by atoms with Crippen LogP contribution in [0.2, 0.25) is 0 Å². The van der Waals surface area contributed by atoms with Crippen LogP contribution in [0.4, 0.5) is 10.3 Å². The number of nitrogens with zero attached hydrogens (tertiary/aromatic N) is 2. The van der Waals surface area contributed by atoms with Crippen LogP contribution in [0.3, 0.4) is 0 Å². The molecule has 3 atom stereocenters. The summed E-state index contributed by atoms with van der Waals surface area (Å²) in [7, 11) is 0. The lowest BCUT2D eigenvalue weighted by Crippen LogP contribution is -2.11. The second-order valence-corrected chi connectivity index (χ2v) is 3.53. The molecule has 0 spiro atoms. The highest BCUT2D eigenvalue weighted by molar-refractivity contribution is 5.15. The molecule has 0 saturated carbocycles. The van der Waals surface area contributed by atoms with Gasteiger partial charge in [0, 0.05) is 6.42 Å². The number of hydrogen-bond donors (Lipinski definition) is 2. The van der Waals surface area contributed by atoms with Crippen molar-refractivity contribution in [1.82, 2.24) is 9.97 Å². The van der Waals surface area contributed by atoms with E-state index in [1.807, 2.05) is 0 Å². The number of aliphatic hydroxyl groups excluding tert-OH is 1. The van der Waals surface area contributed by atoms with Gasteiger partial charge in [0.2, 0.25) is 0 Å². The summed E-state index contributed by atoms with van der Waals surface area (Å²) in [4.78, 5) is 15.5. The molecule has 2 heterocycles. The zero-order valence-electron chi connectivity index (χ0n) is 8.17. The molecule has 16 heavy (non-hydrogen) atoms. The predicted molar refractivity (Wildman–Crippen MR) is 49.5 cm³/mol. The topological polar surface area (TPSA) is 101 Å². The molecule has 0 unspecified atom stereocenters. The van der Waals surface area contributed by atoms with E-state index >= 15 is 0 Å². The Morgan fingerprint density at radius 3 is 3.06 bits per heavy atom. The Labute approximate surface area is 89.4 Å². The molecule has 1 aromatic heterocycles. The van der Waals surface area contributed by atoms with Gasteiger partial charge < -0.3 is 20.0 Å². The van der Waals surface area contributed by atoms with Crippen molar-refractivity contribution in [2.75, 3.05) is 6.61 Å². The summed E-state index contributed by atoms with van der Waals surface area (Å²) in [6.45, 7) is -0.271. The van der Waals surface area contributed by atoms with E-state index in [2.05, 4.69) is 9.97 Å². The zero-order valence-corrected chi connectivity index (χ0v) is 8.17. The van der Waals surface area contributed by atoms with Crippen molar-refractivity contribution in [3.63, 3.8) is 0 Å². The number of aromatic nitrogens is 2. The second-order valence-electron chi connectivity index (χ2n) is 3.53. The van der Waals surface area contributed by atoms with E-state index in [9.17, 15) is 14.5 Å². The SMILES string of the molecule is O=[N+]([O-])c1ncc([C@@H]2O[C@H](CO)C[C@H]2F)[nH]1. The van der Waals surface area contributed by atoms with Crippen molar-refractivity contribution in [1.29, 1.82) is 0 Å². The smallest absolute Gasteiger partial charge is 0.394 e. The van der Waals surface area contributed by atoms with E-state index < -0.39 is 29.3 Å². The maximum Gasteiger partial charge on any atom is 0.432 e. The minimum atomic E-state index is -1.29. The Balaban J connectivity index is 2.15. The largest absolute Gasteiger partial charge is 0.432 e. The summed E-state index contributed by atoms with van der Waals surface area (Å²) in [5, 5.41) is 19.2. The van der Waals surface area contributed by atoms with E-state index in [1.54, 1.807) is 0 Å². The number of nitro groups is 1. The zero-order chi connectivity index (χ0) is 11.7. The highest BCUT2D eigenvalue weighted by Gasteiger charge is 2.39. The van der Waals surface area contributed by atoms with Crippen molar-refractivity contribution in [2.45, 2.75) is 24.8 Å².